The Bertz CT molecular complexity index is 393. The third kappa shape index (κ3) is 3.25. The fraction of sp³-hybridized carbons (Fsp3) is 0.533. The van der Waals surface area contributed by atoms with Gasteiger partial charge in [-0.2, -0.15) is 0 Å². The van der Waals surface area contributed by atoms with Crippen molar-refractivity contribution in [1.29, 1.82) is 0 Å². The molecule has 0 radical (unpaired) electrons. The number of anilines is 1. The van der Waals surface area contributed by atoms with E-state index in [1.165, 1.54) is 43.6 Å². The highest BCUT2D eigenvalue weighted by Crippen LogP contribution is 2.20. The standard InChI is InChI=1S/C15H22N2O/c1-13(18)16(2)12-14-6-8-15(9-7-14)17-10-4-3-5-11-17/h6-9H,3-5,10-12H2,1-2H3. The molecule has 1 heterocycles. The highest BCUT2D eigenvalue weighted by molar-refractivity contribution is 5.72. The van der Waals surface area contributed by atoms with Crippen molar-refractivity contribution < 1.29 is 4.79 Å². The second-order valence-corrected chi connectivity index (χ2v) is 5.09. The molecule has 2 rings (SSSR count). The minimum atomic E-state index is 0.107. The van der Waals surface area contributed by atoms with Crippen LogP contribution in [-0.2, 0) is 11.3 Å². The Morgan fingerprint density at radius 1 is 1.17 bits per heavy atom. The van der Waals surface area contributed by atoms with Gasteiger partial charge in [0, 0.05) is 39.3 Å². The molecule has 0 spiro atoms. The number of hydrogen-bond donors (Lipinski definition) is 0. The second-order valence-electron chi connectivity index (χ2n) is 5.09. The van der Waals surface area contributed by atoms with Crippen molar-refractivity contribution in [2.75, 3.05) is 25.0 Å². The van der Waals surface area contributed by atoms with E-state index in [1.807, 2.05) is 7.05 Å². The maximum absolute atomic E-state index is 11.2. The lowest BCUT2D eigenvalue weighted by Crippen LogP contribution is -2.29. The van der Waals surface area contributed by atoms with Crippen molar-refractivity contribution in [3.05, 3.63) is 29.8 Å². The highest BCUT2D eigenvalue weighted by Gasteiger charge is 2.10. The summed E-state index contributed by atoms with van der Waals surface area (Å²) in [5.41, 5.74) is 2.50. The van der Waals surface area contributed by atoms with Gasteiger partial charge >= 0.3 is 0 Å². The summed E-state index contributed by atoms with van der Waals surface area (Å²) in [5.74, 6) is 0.107. The van der Waals surface area contributed by atoms with Crippen molar-refractivity contribution in [2.24, 2.45) is 0 Å². The summed E-state index contributed by atoms with van der Waals surface area (Å²) >= 11 is 0. The predicted molar refractivity (Wildman–Crippen MR) is 74.7 cm³/mol. The van der Waals surface area contributed by atoms with E-state index in [1.54, 1.807) is 11.8 Å². The van der Waals surface area contributed by atoms with Crippen LogP contribution in [0.4, 0.5) is 5.69 Å². The van der Waals surface area contributed by atoms with E-state index in [9.17, 15) is 4.79 Å². The molecule has 0 atom stereocenters. The molecule has 3 heteroatoms. The Morgan fingerprint density at radius 2 is 1.78 bits per heavy atom. The van der Waals surface area contributed by atoms with Gasteiger partial charge in [0.05, 0.1) is 0 Å². The van der Waals surface area contributed by atoms with Crippen molar-refractivity contribution >= 4 is 11.6 Å². The van der Waals surface area contributed by atoms with E-state index in [4.69, 9.17) is 0 Å². The minimum absolute atomic E-state index is 0.107. The van der Waals surface area contributed by atoms with Crippen molar-refractivity contribution in [3.63, 3.8) is 0 Å². The Morgan fingerprint density at radius 3 is 2.33 bits per heavy atom. The molecule has 0 bridgehead atoms. The molecule has 0 saturated carbocycles. The van der Waals surface area contributed by atoms with Crippen LogP contribution in [0.1, 0.15) is 31.7 Å². The SMILES string of the molecule is CC(=O)N(C)Cc1ccc(N2CCCCC2)cc1. The maximum atomic E-state index is 11.2. The second kappa shape index (κ2) is 5.89. The maximum Gasteiger partial charge on any atom is 0.219 e. The summed E-state index contributed by atoms with van der Waals surface area (Å²) in [5, 5.41) is 0. The summed E-state index contributed by atoms with van der Waals surface area (Å²) in [6, 6.07) is 8.61. The van der Waals surface area contributed by atoms with Gasteiger partial charge in [0.15, 0.2) is 0 Å². The van der Waals surface area contributed by atoms with E-state index in [0.29, 0.717) is 6.54 Å². The Hall–Kier alpha value is -1.51. The van der Waals surface area contributed by atoms with Crippen LogP contribution in [0, 0.1) is 0 Å². The molecule has 1 aliphatic heterocycles. The molecule has 1 fully saturated rings. The summed E-state index contributed by atoms with van der Waals surface area (Å²) in [4.78, 5) is 15.4. The first-order chi connectivity index (χ1) is 8.66. The number of carbonyl (C=O) groups excluding carboxylic acids is 1. The van der Waals surface area contributed by atoms with Gasteiger partial charge in [-0.05, 0) is 37.0 Å². The number of nitrogens with zero attached hydrogens (tertiary/aromatic N) is 2. The molecule has 1 amide bonds. The lowest BCUT2D eigenvalue weighted by molar-refractivity contribution is -0.128. The molecule has 1 aliphatic rings. The van der Waals surface area contributed by atoms with Crippen LogP contribution in [0.15, 0.2) is 24.3 Å². The quantitative estimate of drug-likeness (QED) is 0.818. The third-order valence-corrected chi connectivity index (χ3v) is 3.61. The zero-order valence-corrected chi connectivity index (χ0v) is 11.4. The summed E-state index contributed by atoms with van der Waals surface area (Å²) < 4.78 is 0. The number of piperidine rings is 1. The molecule has 1 saturated heterocycles. The molecule has 98 valence electrons. The molecular formula is C15H22N2O. The van der Waals surface area contributed by atoms with E-state index < -0.39 is 0 Å². The number of hydrogen-bond acceptors (Lipinski definition) is 2. The minimum Gasteiger partial charge on any atom is -0.372 e. The molecule has 1 aromatic carbocycles. The Balaban J connectivity index is 1.98. The highest BCUT2D eigenvalue weighted by atomic mass is 16.2. The van der Waals surface area contributed by atoms with Crippen molar-refractivity contribution in [1.82, 2.24) is 4.90 Å². The lowest BCUT2D eigenvalue weighted by Gasteiger charge is -2.29. The van der Waals surface area contributed by atoms with Crippen molar-refractivity contribution in [2.45, 2.75) is 32.7 Å². The number of benzene rings is 1. The molecular weight excluding hydrogens is 224 g/mol. The van der Waals surface area contributed by atoms with E-state index in [-0.39, 0.29) is 5.91 Å². The zero-order valence-electron chi connectivity index (χ0n) is 11.4. The first-order valence-electron chi connectivity index (χ1n) is 6.72. The van der Waals surface area contributed by atoms with E-state index in [0.717, 1.165) is 0 Å². The molecule has 3 nitrogen and oxygen atoms in total. The molecule has 0 aliphatic carbocycles. The van der Waals surface area contributed by atoms with Crippen LogP contribution < -0.4 is 4.90 Å². The van der Waals surface area contributed by atoms with Crippen LogP contribution in [-0.4, -0.2) is 30.9 Å². The fourth-order valence-electron chi connectivity index (χ4n) is 2.35. The number of carbonyl (C=O) groups is 1. The monoisotopic (exact) mass is 246 g/mol. The summed E-state index contributed by atoms with van der Waals surface area (Å²) in [7, 11) is 1.83. The topological polar surface area (TPSA) is 23.6 Å². The largest absolute Gasteiger partial charge is 0.372 e. The zero-order chi connectivity index (χ0) is 13.0. The summed E-state index contributed by atoms with van der Waals surface area (Å²) in [6.07, 6.45) is 3.96. The van der Waals surface area contributed by atoms with Crippen LogP contribution in [0.5, 0.6) is 0 Å². The van der Waals surface area contributed by atoms with Gasteiger partial charge in [-0.25, -0.2) is 0 Å². The van der Waals surface area contributed by atoms with Gasteiger partial charge in [0.1, 0.15) is 0 Å². The van der Waals surface area contributed by atoms with Gasteiger partial charge in [-0.15, -0.1) is 0 Å². The number of amides is 1. The Kier molecular flexibility index (Phi) is 4.24. The lowest BCUT2D eigenvalue weighted by atomic mass is 10.1. The first-order valence-corrected chi connectivity index (χ1v) is 6.72. The normalized spacial score (nSPS) is 15.6. The first kappa shape index (κ1) is 12.9. The van der Waals surface area contributed by atoms with Crippen LogP contribution in [0.2, 0.25) is 0 Å². The summed E-state index contributed by atoms with van der Waals surface area (Å²) in [6.45, 7) is 4.64. The smallest absolute Gasteiger partial charge is 0.219 e. The van der Waals surface area contributed by atoms with Crippen LogP contribution in [0.25, 0.3) is 0 Å². The van der Waals surface area contributed by atoms with Gasteiger partial charge in [-0.3, -0.25) is 4.79 Å². The van der Waals surface area contributed by atoms with Crippen LogP contribution >= 0.6 is 0 Å². The fourth-order valence-corrected chi connectivity index (χ4v) is 2.35. The van der Waals surface area contributed by atoms with Crippen molar-refractivity contribution in [3.8, 4) is 0 Å². The molecule has 0 aromatic heterocycles. The predicted octanol–water partition coefficient (Wildman–Crippen LogP) is 2.66. The van der Waals surface area contributed by atoms with Gasteiger partial charge < -0.3 is 9.80 Å². The number of rotatable bonds is 3. The molecule has 1 aromatic rings. The van der Waals surface area contributed by atoms with Gasteiger partial charge in [-0.1, -0.05) is 12.1 Å². The average Bonchev–Trinajstić information content (AvgIpc) is 2.40. The van der Waals surface area contributed by atoms with Crippen LogP contribution in [0.3, 0.4) is 0 Å². The van der Waals surface area contributed by atoms with Gasteiger partial charge in [0.25, 0.3) is 0 Å². The third-order valence-electron chi connectivity index (χ3n) is 3.61. The van der Waals surface area contributed by atoms with Gasteiger partial charge in [0.2, 0.25) is 5.91 Å². The van der Waals surface area contributed by atoms with E-state index in [2.05, 4.69) is 29.2 Å². The molecule has 0 N–H and O–H groups in total. The van der Waals surface area contributed by atoms with E-state index >= 15 is 0 Å². The average molecular weight is 246 g/mol. The molecule has 0 unspecified atom stereocenters. The molecule has 18 heavy (non-hydrogen) atoms. The Labute approximate surface area is 109 Å².